The molecule has 18 heavy (non-hydrogen) atoms. The van der Waals surface area contributed by atoms with Crippen molar-refractivity contribution in [2.24, 2.45) is 0 Å². The van der Waals surface area contributed by atoms with Gasteiger partial charge in [-0.15, -0.1) is 0 Å². The second kappa shape index (κ2) is 3.63. The average Bonchev–Trinajstić information content (AvgIpc) is 2.74. The van der Waals surface area contributed by atoms with Gasteiger partial charge in [-0.05, 0) is 26.0 Å². The number of oxazole rings is 1. The first-order valence-electron chi connectivity index (χ1n) is 5.78. The summed E-state index contributed by atoms with van der Waals surface area (Å²) in [4.78, 5) is 4.14. The van der Waals surface area contributed by atoms with Crippen LogP contribution < -0.4 is 10.5 Å². The van der Waals surface area contributed by atoms with Gasteiger partial charge in [0.2, 0.25) is 0 Å². The van der Waals surface area contributed by atoms with Gasteiger partial charge >= 0.3 is 0 Å². The van der Waals surface area contributed by atoms with Crippen molar-refractivity contribution in [3.05, 3.63) is 36.1 Å². The Morgan fingerprint density at radius 3 is 2.83 bits per heavy atom. The summed E-state index contributed by atoms with van der Waals surface area (Å²) in [7, 11) is 0. The van der Waals surface area contributed by atoms with Crippen LogP contribution in [0, 0.1) is 0 Å². The number of anilines is 1. The number of fused-ring (bicyclic) bond motifs is 1. The molecule has 0 saturated heterocycles. The van der Waals surface area contributed by atoms with Crippen LogP contribution in [0.5, 0.6) is 5.75 Å². The Bertz CT molecular complexity index is 626. The molecule has 4 heteroatoms. The van der Waals surface area contributed by atoms with Gasteiger partial charge in [0.1, 0.15) is 23.3 Å². The van der Waals surface area contributed by atoms with Gasteiger partial charge in [0.05, 0.1) is 0 Å². The van der Waals surface area contributed by atoms with Gasteiger partial charge in [-0.2, -0.15) is 4.98 Å². The lowest BCUT2D eigenvalue weighted by Crippen LogP contribution is -2.27. The molecule has 0 atom stereocenters. The van der Waals surface area contributed by atoms with E-state index in [0.29, 0.717) is 5.69 Å². The number of hydrogen-bond donors (Lipinski definition) is 1. The molecular formula is C14H14N2O2. The lowest BCUT2D eigenvalue weighted by Gasteiger charge is -2.29. The summed E-state index contributed by atoms with van der Waals surface area (Å²) in [5.74, 6) is 0.818. The number of nitrogens with two attached hydrogens (primary N) is 1. The zero-order valence-corrected chi connectivity index (χ0v) is 10.3. The van der Waals surface area contributed by atoms with E-state index < -0.39 is 0 Å². The Hall–Kier alpha value is -2.23. The fourth-order valence-corrected chi connectivity index (χ4v) is 2.00. The molecule has 0 unspecified atom stereocenters. The first-order valence-corrected chi connectivity index (χ1v) is 5.78. The normalized spacial score (nSPS) is 16.1. The van der Waals surface area contributed by atoms with Gasteiger partial charge < -0.3 is 14.9 Å². The number of ether oxygens (including phenoxy) is 1. The largest absolute Gasteiger partial charge is 0.482 e. The molecular weight excluding hydrogens is 228 g/mol. The summed E-state index contributed by atoms with van der Waals surface area (Å²) >= 11 is 0. The molecule has 1 aliphatic heterocycles. The van der Waals surface area contributed by atoms with Crippen LogP contribution in [0.25, 0.3) is 17.3 Å². The molecule has 2 heterocycles. The topological polar surface area (TPSA) is 61.3 Å². The monoisotopic (exact) mass is 242 g/mol. The quantitative estimate of drug-likeness (QED) is 0.834. The number of para-hydroxylation sites is 1. The van der Waals surface area contributed by atoms with E-state index in [2.05, 4.69) is 11.1 Å². The van der Waals surface area contributed by atoms with Crippen LogP contribution in [-0.4, -0.2) is 10.6 Å². The van der Waals surface area contributed by atoms with Crippen molar-refractivity contribution in [3.8, 4) is 17.0 Å². The summed E-state index contributed by atoms with van der Waals surface area (Å²) in [6, 6.07) is 6.08. The number of rotatable bonds is 1. The van der Waals surface area contributed by atoms with E-state index >= 15 is 0 Å². The van der Waals surface area contributed by atoms with Crippen molar-refractivity contribution >= 4 is 12.1 Å². The molecule has 0 bridgehead atoms. The third-order valence-electron chi connectivity index (χ3n) is 2.87. The van der Waals surface area contributed by atoms with E-state index in [-0.39, 0.29) is 11.6 Å². The molecule has 0 fully saturated rings. The Kier molecular flexibility index (Phi) is 2.20. The summed E-state index contributed by atoms with van der Waals surface area (Å²) in [5, 5.41) is 0. The number of nitrogens with zero attached hydrogens (tertiary/aromatic N) is 1. The predicted octanol–water partition coefficient (Wildman–Crippen LogP) is 3.11. The van der Waals surface area contributed by atoms with Crippen LogP contribution in [0.15, 0.2) is 35.0 Å². The summed E-state index contributed by atoms with van der Waals surface area (Å²) in [6.45, 7) is 4.03. The highest BCUT2D eigenvalue weighted by molar-refractivity contribution is 5.76. The zero-order chi connectivity index (χ0) is 12.8. The predicted molar refractivity (Wildman–Crippen MR) is 70.1 cm³/mol. The van der Waals surface area contributed by atoms with Crippen molar-refractivity contribution in [1.29, 1.82) is 0 Å². The van der Waals surface area contributed by atoms with Crippen molar-refractivity contribution in [2.75, 3.05) is 5.73 Å². The maximum atomic E-state index is 6.00. The van der Waals surface area contributed by atoms with E-state index in [9.17, 15) is 0 Å². The summed E-state index contributed by atoms with van der Waals surface area (Å²) in [6.07, 6.45) is 5.64. The highest BCUT2D eigenvalue weighted by atomic mass is 16.5. The van der Waals surface area contributed by atoms with Crippen molar-refractivity contribution in [1.82, 2.24) is 4.98 Å². The van der Waals surface area contributed by atoms with Crippen LogP contribution in [0.1, 0.15) is 19.4 Å². The van der Waals surface area contributed by atoms with Gasteiger partial charge in [-0.25, -0.2) is 0 Å². The standard InChI is InChI=1S/C14H14N2O2/c1-14(2)7-6-9-4-3-5-10(12(9)18-14)11-8-17-13(15)16-11/h3-8H,1-2H3,(H2,15,16). The Morgan fingerprint density at radius 2 is 2.11 bits per heavy atom. The highest BCUT2D eigenvalue weighted by Gasteiger charge is 2.24. The number of nitrogen functional groups attached to an aromatic ring is 1. The van der Waals surface area contributed by atoms with Crippen LogP contribution in [0.4, 0.5) is 6.01 Å². The van der Waals surface area contributed by atoms with Gasteiger partial charge in [-0.3, -0.25) is 0 Å². The number of aromatic nitrogens is 1. The minimum Gasteiger partial charge on any atom is -0.482 e. The fourth-order valence-electron chi connectivity index (χ4n) is 2.00. The first kappa shape index (κ1) is 10.9. The van der Waals surface area contributed by atoms with Crippen molar-refractivity contribution in [2.45, 2.75) is 19.4 Å². The highest BCUT2D eigenvalue weighted by Crippen LogP contribution is 2.39. The lowest BCUT2D eigenvalue weighted by molar-refractivity contribution is 0.160. The molecule has 0 aliphatic carbocycles. The molecule has 2 aromatic rings. The minimum atomic E-state index is -0.321. The van der Waals surface area contributed by atoms with E-state index in [0.717, 1.165) is 16.9 Å². The molecule has 4 nitrogen and oxygen atoms in total. The Balaban J connectivity index is 2.16. The molecule has 3 rings (SSSR count). The molecule has 2 N–H and O–H groups in total. The Morgan fingerprint density at radius 1 is 1.28 bits per heavy atom. The molecule has 0 radical (unpaired) electrons. The maximum absolute atomic E-state index is 6.00. The van der Waals surface area contributed by atoms with E-state index in [1.54, 1.807) is 6.26 Å². The molecule has 0 spiro atoms. The second-order valence-electron chi connectivity index (χ2n) is 4.83. The van der Waals surface area contributed by atoms with Gasteiger partial charge in [0.15, 0.2) is 0 Å². The van der Waals surface area contributed by atoms with E-state index in [4.69, 9.17) is 14.9 Å². The molecule has 92 valence electrons. The Labute approximate surface area is 105 Å². The smallest absolute Gasteiger partial charge is 0.292 e. The summed E-state index contributed by atoms with van der Waals surface area (Å²) < 4.78 is 11.1. The molecule has 1 aliphatic rings. The molecule has 0 saturated carbocycles. The van der Waals surface area contributed by atoms with Crippen LogP contribution in [-0.2, 0) is 0 Å². The van der Waals surface area contributed by atoms with Crippen LogP contribution >= 0.6 is 0 Å². The van der Waals surface area contributed by atoms with Gasteiger partial charge in [0.25, 0.3) is 6.01 Å². The molecule has 1 aromatic heterocycles. The van der Waals surface area contributed by atoms with Crippen molar-refractivity contribution in [3.63, 3.8) is 0 Å². The van der Waals surface area contributed by atoms with Crippen molar-refractivity contribution < 1.29 is 9.15 Å². The average molecular weight is 242 g/mol. The minimum absolute atomic E-state index is 0.160. The third-order valence-corrected chi connectivity index (χ3v) is 2.87. The van der Waals surface area contributed by atoms with Gasteiger partial charge in [0, 0.05) is 11.1 Å². The number of hydrogen-bond acceptors (Lipinski definition) is 4. The van der Waals surface area contributed by atoms with E-state index in [1.807, 2.05) is 38.1 Å². The summed E-state index contributed by atoms with van der Waals surface area (Å²) in [5.41, 5.74) is 7.81. The lowest BCUT2D eigenvalue weighted by atomic mass is 9.99. The zero-order valence-electron chi connectivity index (χ0n) is 10.3. The van der Waals surface area contributed by atoms with Gasteiger partial charge in [-0.1, -0.05) is 18.2 Å². The van der Waals surface area contributed by atoms with E-state index in [1.165, 1.54) is 0 Å². The third kappa shape index (κ3) is 1.76. The first-order chi connectivity index (χ1) is 8.55. The maximum Gasteiger partial charge on any atom is 0.292 e. The van der Waals surface area contributed by atoms with Crippen LogP contribution in [0.3, 0.4) is 0 Å². The SMILES string of the molecule is CC1(C)C=Cc2cccc(-c3coc(N)n3)c2O1. The van der Waals surface area contributed by atoms with Crippen LogP contribution in [0.2, 0.25) is 0 Å². The molecule has 0 amide bonds. The number of benzene rings is 1. The second-order valence-corrected chi connectivity index (χ2v) is 4.83. The fraction of sp³-hybridized carbons (Fsp3) is 0.214. The molecule has 1 aromatic carbocycles.